The third kappa shape index (κ3) is 2.42. The molecule has 0 aromatic heterocycles. The van der Waals surface area contributed by atoms with Gasteiger partial charge in [-0.25, -0.2) is 8.42 Å². The molecule has 0 spiro atoms. The van der Waals surface area contributed by atoms with Crippen LogP contribution in [0.15, 0.2) is 56.7 Å². The maximum atomic E-state index is 12.3. The van der Waals surface area contributed by atoms with Crippen LogP contribution >= 0.6 is 15.9 Å². The summed E-state index contributed by atoms with van der Waals surface area (Å²) in [6.07, 6.45) is 0. The first kappa shape index (κ1) is 13.1. The van der Waals surface area contributed by atoms with Gasteiger partial charge >= 0.3 is 0 Å². The van der Waals surface area contributed by atoms with Gasteiger partial charge in [-0.15, -0.1) is 0 Å². The minimum absolute atomic E-state index is 0.0884. The number of hydrogen-bond acceptors (Lipinski definition) is 3. The van der Waals surface area contributed by atoms with Gasteiger partial charge < -0.3 is 5.11 Å². The molecular weight excluding hydrogens is 316 g/mol. The van der Waals surface area contributed by atoms with Crippen LogP contribution in [0.25, 0.3) is 0 Å². The van der Waals surface area contributed by atoms with E-state index in [4.69, 9.17) is 0 Å². The Kier molecular flexibility index (Phi) is 3.45. The van der Waals surface area contributed by atoms with Crippen molar-refractivity contribution in [3.05, 3.63) is 52.5 Å². The average molecular weight is 327 g/mol. The van der Waals surface area contributed by atoms with Crippen LogP contribution in [-0.4, -0.2) is 13.5 Å². The first-order chi connectivity index (χ1) is 8.41. The second-order valence-electron chi connectivity index (χ2n) is 3.93. The molecule has 0 unspecified atom stereocenters. The third-order valence-electron chi connectivity index (χ3n) is 2.54. The van der Waals surface area contributed by atoms with Gasteiger partial charge in [-0.3, -0.25) is 0 Å². The standard InChI is InChI=1S/C13H11BrO3S/c1-9-2-5-11(6-3-9)18(16,17)13-7-4-10(14)8-12(13)15/h2-8,15H,1H3. The van der Waals surface area contributed by atoms with E-state index in [0.29, 0.717) is 4.47 Å². The van der Waals surface area contributed by atoms with Crippen LogP contribution in [0, 0.1) is 6.92 Å². The lowest BCUT2D eigenvalue weighted by molar-refractivity contribution is 0.458. The highest BCUT2D eigenvalue weighted by Gasteiger charge is 2.21. The average Bonchev–Trinajstić information content (AvgIpc) is 2.29. The van der Waals surface area contributed by atoms with Crippen molar-refractivity contribution in [2.24, 2.45) is 0 Å². The summed E-state index contributed by atoms with van der Waals surface area (Å²) in [6, 6.07) is 10.8. The second kappa shape index (κ2) is 4.74. The van der Waals surface area contributed by atoms with Gasteiger partial charge in [-0.05, 0) is 37.3 Å². The van der Waals surface area contributed by atoms with E-state index in [0.717, 1.165) is 5.56 Å². The molecular formula is C13H11BrO3S. The fraction of sp³-hybridized carbons (Fsp3) is 0.0769. The van der Waals surface area contributed by atoms with Gasteiger partial charge in [0.05, 0.1) is 4.90 Å². The van der Waals surface area contributed by atoms with Crippen LogP contribution < -0.4 is 0 Å². The first-order valence-corrected chi connectivity index (χ1v) is 7.49. The number of aromatic hydroxyl groups is 1. The van der Waals surface area contributed by atoms with Gasteiger partial charge in [0.15, 0.2) is 0 Å². The Hall–Kier alpha value is -1.33. The van der Waals surface area contributed by atoms with Crippen molar-refractivity contribution in [1.29, 1.82) is 0 Å². The fourth-order valence-corrected chi connectivity index (χ4v) is 3.24. The maximum Gasteiger partial charge on any atom is 0.210 e. The van der Waals surface area contributed by atoms with Gasteiger partial charge in [0.1, 0.15) is 10.6 Å². The molecule has 2 aromatic carbocycles. The summed E-state index contributed by atoms with van der Waals surface area (Å²) in [6.45, 7) is 1.88. The van der Waals surface area contributed by atoms with E-state index in [2.05, 4.69) is 15.9 Å². The Balaban J connectivity index is 2.58. The molecule has 0 amide bonds. The van der Waals surface area contributed by atoms with E-state index in [-0.39, 0.29) is 15.5 Å². The quantitative estimate of drug-likeness (QED) is 0.921. The molecule has 0 bridgehead atoms. The SMILES string of the molecule is Cc1ccc(S(=O)(=O)c2ccc(Br)cc2O)cc1. The molecule has 2 rings (SSSR count). The summed E-state index contributed by atoms with van der Waals surface area (Å²) in [7, 11) is -3.67. The van der Waals surface area contributed by atoms with Crippen LogP contribution in [0.5, 0.6) is 5.75 Å². The summed E-state index contributed by atoms with van der Waals surface area (Å²) in [5, 5.41) is 9.73. The largest absolute Gasteiger partial charge is 0.507 e. The molecule has 94 valence electrons. The van der Waals surface area contributed by atoms with Gasteiger partial charge in [-0.2, -0.15) is 0 Å². The number of aryl methyl sites for hydroxylation is 1. The lowest BCUT2D eigenvalue weighted by Gasteiger charge is -2.07. The van der Waals surface area contributed by atoms with Crippen molar-refractivity contribution in [2.75, 3.05) is 0 Å². The van der Waals surface area contributed by atoms with E-state index < -0.39 is 9.84 Å². The molecule has 0 fully saturated rings. The number of halogens is 1. The summed E-state index contributed by atoms with van der Waals surface area (Å²) >= 11 is 3.17. The van der Waals surface area contributed by atoms with Gasteiger partial charge in [-0.1, -0.05) is 33.6 Å². The molecule has 18 heavy (non-hydrogen) atoms. The number of benzene rings is 2. The maximum absolute atomic E-state index is 12.3. The molecule has 5 heteroatoms. The van der Waals surface area contributed by atoms with Crippen molar-refractivity contribution >= 4 is 25.8 Å². The highest BCUT2D eigenvalue weighted by Crippen LogP contribution is 2.30. The van der Waals surface area contributed by atoms with Crippen molar-refractivity contribution < 1.29 is 13.5 Å². The predicted octanol–water partition coefficient (Wildman–Crippen LogP) is 3.30. The lowest BCUT2D eigenvalue weighted by atomic mass is 10.2. The van der Waals surface area contributed by atoms with Crippen LogP contribution in [0.4, 0.5) is 0 Å². The van der Waals surface area contributed by atoms with Gasteiger partial charge in [0, 0.05) is 4.47 Å². The van der Waals surface area contributed by atoms with E-state index in [1.54, 1.807) is 18.2 Å². The van der Waals surface area contributed by atoms with Crippen LogP contribution in [-0.2, 0) is 9.84 Å². The Morgan fingerprint density at radius 3 is 2.22 bits per heavy atom. The molecule has 1 N–H and O–H groups in total. The summed E-state index contributed by atoms with van der Waals surface area (Å²) in [5.41, 5.74) is 0.981. The molecule has 0 aliphatic heterocycles. The molecule has 0 heterocycles. The van der Waals surface area contributed by atoms with E-state index in [1.807, 2.05) is 6.92 Å². The lowest BCUT2D eigenvalue weighted by Crippen LogP contribution is -2.02. The molecule has 3 nitrogen and oxygen atoms in total. The second-order valence-corrected chi connectivity index (χ2v) is 6.76. The highest BCUT2D eigenvalue weighted by molar-refractivity contribution is 9.10. The van der Waals surface area contributed by atoms with Crippen LogP contribution in [0.3, 0.4) is 0 Å². The normalized spacial score (nSPS) is 11.4. The zero-order valence-corrected chi connectivity index (χ0v) is 12.0. The van der Waals surface area contributed by atoms with Crippen molar-refractivity contribution in [3.8, 4) is 5.75 Å². The van der Waals surface area contributed by atoms with Gasteiger partial charge in [0.25, 0.3) is 0 Å². The monoisotopic (exact) mass is 326 g/mol. The van der Waals surface area contributed by atoms with E-state index in [1.165, 1.54) is 24.3 Å². The van der Waals surface area contributed by atoms with Crippen molar-refractivity contribution in [2.45, 2.75) is 16.7 Å². The zero-order valence-electron chi connectivity index (χ0n) is 9.59. The van der Waals surface area contributed by atoms with Gasteiger partial charge in [0.2, 0.25) is 9.84 Å². The molecule has 0 aliphatic rings. The Morgan fingerprint density at radius 1 is 1.06 bits per heavy atom. The smallest absolute Gasteiger partial charge is 0.210 e. The van der Waals surface area contributed by atoms with Crippen LogP contribution in [0.1, 0.15) is 5.56 Å². The summed E-state index contributed by atoms with van der Waals surface area (Å²) < 4.78 is 25.2. The molecule has 0 saturated heterocycles. The zero-order chi connectivity index (χ0) is 13.3. The molecule has 2 aromatic rings. The predicted molar refractivity (Wildman–Crippen MR) is 72.4 cm³/mol. The number of rotatable bonds is 2. The highest BCUT2D eigenvalue weighted by atomic mass is 79.9. The Bertz CT molecular complexity index is 676. The number of sulfone groups is 1. The van der Waals surface area contributed by atoms with Crippen molar-refractivity contribution in [3.63, 3.8) is 0 Å². The van der Waals surface area contributed by atoms with E-state index >= 15 is 0 Å². The van der Waals surface area contributed by atoms with E-state index in [9.17, 15) is 13.5 Å². The number of phenolic OH excluding ortho intramolecular Hbond substituents is 1. The topological polar surface area (TPSA) is 54.4 Å². The summed E-state index contributed by atoms with van der Waals surface area (Å²) in [4.78, 5) is 0.0836. The minimum Gasteiger partial charge on any atom is -0.507 e. The molecule has 0 radical (unpaired) electrons. The Morgan fingerprint density at radius 2 is 1.67 bits per heavy atom. The van der Waals surface area contributed by atoms with Crippen molar-refractivity contribution in [1.82, 2.24) is 0 Å². The third-order valence-corrected chi connectivity index (χ3v) is 4.85. The number of hydrogen-bond donors (Lipinski definition) is 1. The first-order valence-electron chi connectivity index (χ1n) is 5.21. The summed E-state index contributed by atoms with van der Waals surface area (Å²) in [5.74, 6) is -0.259. The van der Waals surface area contributed by atoms with Crippen LogP contribution in [0.2, 0.25) is 0 Å². The minimum atomic E-state index is -3.67. The molecule has 0 saturated carbocycles. The molecule has 0 atom stereocenters. The molecule has 0 aliphatic carbocycles. The Labute approximate surface area is 114 Å². The fourth-order valence-electron chi connectivity index (χ4n) is 1.56. The number of phenols is 1.